The largest absolute Gasteiger partial charge is 0.417 e. The molecule has 1 rings (SSSR count). The summed E-state index contributed by atoms with van der Waals surface area (Å²) in [7, 11) is 0. The summed E-state index contributed by atoms with van der Waals surface area (Å²) >= 11 is 0. The van der Waals surface area contributed by atoms with Crippen LogP contribution in [0.25, 0.3) is 0 Å². The van der Waals surface area contributed by atoms with Crippen LogP contribution in [0, 0.1) is 12.3 Å². The molecule has 0 spiro atoms. The lowest BCUT2D eigenvalue weighted by Gasteiger charge is -2.12. The van der Waals surface area contributed by atoms with Gasteiger partial charge >= 0.3 is 6.18 Å². The van der Waals surface area contributed by atoms with E-state index in [2.05, 4.69) is 16.2 Å². The summed E-state index contributed by atoms with van der Waals surface area (Å²) in [6.07, 6.45) is 1.66. The summed E-state index contributed by atoms with van der Waals surface area (Å²) in [5.41, 5.74) is -0.360. The summed E-state index contributed by atoms with van der Waals surface area (Å²) in [6.45, 7) is 2.48. The van der Waals surface area contributed by atoms with Gasteiger partial charge in [0.1, 0.15) is 6.04 Å². The minimum absolute atomic E-state index is 0.414. The average molecular weight is 228 g/mol. The first-order valence-electron chi connectivity index (χ1n) is 4.71. The number of terminal acetylenes is 1. The molecule has 0 amide bonds. The average Bonchev–Trinajstić information content (AvgIpc) is 2.25. The number of rotatable bonds is 3. The van der Waals surface area contributed by atoms with Crippen LogP contribution >= 0.6 is 0 Å². The third-order valence-electron chi connectivity index (χ3n) is 1.98. The van der Waals surface area contributed by atoms with Crippen LogP contribution in [0.5, 0.6) is 0 Å². The molecule has 0 fully saturated rings. The topological polar surface area (TPSA) is 24.9 Å². The van der Waals surface area contributed by atoms with Crippen molar-refractivity contribution in [3.63, 3.8) is 0 Å². The van der Waals surface area contributed by atoms with Gasteiger partial charge in [-0.3, -0.25) is 10.3 Å². The van der Waals surface area contributed by atoms with E-state index in [1.165, 1.54) is 6.07 Å². The van der Waals surface area contributed by atoms with Gasteiger partial charge in [0.25, 0.3) is 0 Å². The maximum atomic E-state index is 12.3. The molecule has 1 aromatic heterocycles. The standard InChI is InChI=1S/C11H11F3N2/c1-3-9(15-4-2)10-6-5-8(7-16-10)11(12,13)14/h1,5-7,9,15H,4H2,2H3. The Labute approximate surface area is 91.9 Å². The van der Waals surface area contributed by atoms with Crippen molar-refractivity contribution >= 4 is 0 Å². The van der Waals surface area contributed by atoms with Crippen molar-refractivity contribution in [3.05, 3.63) is 29.6 Å². The molecule has 0 radical (unpaired) electrons. The van der Waals surface area contributed by atoms with E-state index in [0.29, 0.717) is 12.2 Å². The number of hydrogen-bond donors (Lipinski definition) is 1. The molecule has 0 aliphatic carbocycles. The Morgan fingerprint density at radius 3 is 2.56 bits per heavy atom. The van der Waals surface area contributed by atoms with Crippen LogP contribution in [-0.2, 0) is 6.18 Å². The Bertz CT molecular complexity index is 376. The first kappa shape index (κ1) is 12.5. The molecule has 0 saturated carbocycles. The van der Waals surface area contributed by atoms with Crippen LogP contribution < -0.4 is 5.32 Å². The zero-order valence-corrected chi connectivity index (χ0v) is 8.67. The van der Waals surface area contributed by atoms with Gasteiger partial charge < -0.3 is 0 Å². The molecule has 0 aromatic carbocycles. The SMILES string of the molecule is C#CC(NCC)c1ccc(C(F)(F)F)cn1. The third kappa shape index (κ3) is 2.97. The van der Waals surface area contributed by atoms with E-state index in [-0.39, 0.29) is 0 Å². The maximum Gasteiger partial charge on any atom is 0.417 e. The van der Waals surface area contributed by atoms with E-state index >= 15 is 0 Å². The predicted molar refractivity (Wildman–Crippen MR) is 54.5 cm³/mol. The van der Waals surface area contributed by atoms with Gasteiger partial charge in [0.05, 0.1) is 11.3 Å². The van der Waals surface area contributed by atoms with Gasteiger partial charge in [-0.25, -0.2) is 0 Å². The predicted octanol–water partition coefficient (Wildman–Crippen LogP) is 2.38. The summed E-state index contributed by atoms with van der Waals surface area (Å²) in [5.74, 6) is 2.42. The monoisotopic (exact) mass is 228 g/mol. The highest BCUT2D eigenvalue weighted by molar-refractivity contribution is 5.23. The first-order chi connectivity index (χ1) is 7.49. The van der Waals surface area contributed by atoms with Crippen molar-refractivity contribution in [3.8, 4) is 12.3 Å². The van der Waals surface area contributed by atoms with Crippen molar-refractivity contribution < 1.29 is 13.2 Å². The molecule has 0 aliphatic heterocycles. The van der Waals surface area contributed by atoms with Crippen molar-refractivity contribution in [2.24, 2.45) is 0 Å². The quantitative estimate of drug-likeness (QED) is 0.803. The summed E-state index contributed by atoms with van der Waals surface area (Å²) in [5, 5.41) is 2.93. The molecular weight excluding hydrogens is 217 g/mol. The number of nitrogens with zero attached hydrogens (tertiary/aromatic N) is 1. The molecule has 0 bridgehead atoms. The number of aromatic nitrogens is 1. The van der Waals surface area contributed by atoms with Crippen LogP contribution in [0.3, 0.4) is 0 Å². The van der Waals surface area contributed by atoms with Crippen LogP contribution in [-0.4, -0.2) is 11.5 Å². The van der Waals surface area contributed by atoms with Gasteiger partial charge in [-0.15, -0.1) is 6.42 Å². The highest BCUT2D eigenvalue weighted by Gasteiger charge is 2.30. The molecule has 86 valence electrons. The normalized spacial score (nSPS) is 13.2. The van der Waals surface area contributed by atoms with Gasteiger partial charge in [0.2, 0.25) is 0 Å². The maximum absolute atomic E-state index is 12.3. The molecule has 1 unspecified atom stereocenters. The lowest BCUT2D eigenvalue weighted by molar-refractivity contribution is -0.137. The lowest BCUT2D eigenvalue weighted by atomic mass is 10.1. The van der Waals surface area contributed by atoms with E-state index in [0.717, 1.165) is 12.3 Å². The van der Waals surface area contributed by atoms with Crippen LogP contribution in [0.4, 0.5) is 13.2 Å². The third-order valence-corrected chi connectivity index (χ3v) is 1.98. The summed E-state index contributed by atoms with van der Waals surface area (Å²) in [4.78, 5) is 3.71. The van der Waals surface area contributed by atoms with E-state index in [1.54, 1.807) is 0 Å². The minimum Gasteiger partial charge on any atom is -0.299 e. The zero-order chi connectivity index (χ0) is 12.2. The minimum atomic E-state index is -4.37. The Hall–Kier alpha value is -1.54. The van der Waals surface area contributed by atoms with Crippen LogP contribution in [0.15, 0.2) is 18.3 Å². The van der Waals surface area contributed by atoms with Gasteiger partial charge in [-0.2, -0.15) is 13.2 Å². The highest BCUT2D eigenvalue weighted by Crippen LogP contribution is 2.28. The summed E-state index contributed by atoms with van der Waals surface area (Å²) < 4.78 is 36.8. The fourth-order valence-corrected chi connectivity index (χ4v) is 1.20. The van der Waals surface area contributed by atoms with Crippen molar-refractivity contribution in [2.45, 2.75) is 19.1 Å². The molecule has 1 atom stereocenters. The fraction of sp³-hybridized carbons (Fsp3) is 0.364. The highest BCUT2D eigenvalue weighted by atomic mass is 19.4. The first-order valence-corrected chi connectivity index (χ1v) is 4.71. The number of pyridine rings is 1. The van der Waals surface area contributed by atoms with Crippen LogP contribution in [0.2, 0.25) is 0 Å². The zero-order valence-electron chi connectivity index (χ0n) is 8.67. The number of halogens is 3. The molecule has 1 aromatic rings. The Morgan fingerprint density at radius 2 is 2.19 bits per heavy atom. The molecule has 0 saturated heterocycles. The fourth-order valence-electron chi connectivity index (χ4n) is 1.20. The van der Waals surface area contributed by atoms with Crippen molar-refractivity contribution in [1.82, 2.24) is 10.3 Å². The lowest BCUT2D eigenvalue weighted by Crippen LogP contribution is -2.20. The molecule has 2 nitrogen and oxygen atoms in total. The van der Waals surface area contributed by atoms with Crippen molar-refractivity contribution in [1.29, 1.82) is 0 Å². The van der Waals surface area contributed by atoms with E-state index < -0.39 is 17.8 Å². The number of hydrogen-bond acceptors (Lipinski definition) is 2. The van der Waals surface area contributed by atoms with E-state index in [9.17, 15) is 13.2 Å². The second-order valence-electron chi connectivity index (χ2n) is 3.13. The second kappa shape index (κ2) is 4.99. The van der Waals surface area contributed by atoms with Gasteiger partial charge in [0.15, 0.2) is 0 Å². The smallest absolute Gasteiger partial charge is 0.299 e. The van der Waals surface area contributed by atoms with Crippen molar-refractivity contribution in [2.75, 3.05) is 6.54 Å². The van der Waals surface area contributed by atoms with Gasteiger partial charge in [-0.1, -0.05) is 12.8 Å². The van der Waals surface area contributed by atoms with E-state index in [4.69, 9.17) is 6.42 Å². The molecular formula is C11H11F3N2. The number of alkyl halides is 3. The Morgan fingerprint density at radius 1 is 1.50 bits per heavy atom. The Balaban J connectivity index is 2.90. The van der Waals surface area contributed by atoms with Gasteiger partial charge in [-0.05, 0) is 18.7 Å². The molecule has 1 N–H and O–H groups in total. The molecule has 16 heavy (non-hydrogen) atoms. The molecule has 0 aliphatic rings. The van der Waals surface area contributed by atoms with Crippen LogP contribution in [0.1, 0.15) is 24.2 Å². The van der Waals surface area contributed by atoms with E-state index in [1.807, 2.05) is 6.92 Å². The summed E-state index contributed by atoms with van der Waals surface area (Å²) in [6, 6.07) is 1.81. The molecule has 1 heterocycles. The van der Waals surface area contributed by atoms with Gasteiger partial charge in [0, 0.05) is 6.20 Å². The Kier molecular flexibility index (Phi) is 3.91. The molecule has 5 heteroatoms. The number of nitrogens with one attached hydrogen (secondary N) is 1. The second-order valence-corrected chi connectivity index (χ2v) is 3.13.